The normalized spacial score (nSPS) is 21.7. The number of halogens is 2. The fourth-order valence-corrected chi connectivity index (χ4v) is 4.44. The zero-order valence-electron chi connectivity index (χ0n) is 10.8. The van der Waals surface area contributed by atoms with Crippen LogP contribution in [0.2, 0.25) is 0 Å². The van der Waals surface area contributed by atoms with Crippen LogP contribution < -0.4 is 0 Å². The average Bonchev–Trinajstić information content (AvgIpc) is 2.78. The largest absolute Gasteiger partial charge is 0.323 e. The summed E-state index contributed by atoms with van der Waals surface area (Å²) in [4.78, 5) is 4.77. The molecule has 0 radical (unpaired) electrons. The van der Waals surface area contributed by atoms with Crippen LogP contribution in [0.4, 0.5) is 0 Å². The molecule has 2 nitrogen and oxygen atoms in total. The summed E-state index contributed by atoms with van der Waals surface area (Å²) in [5, 5.41) is -0.0445. The van der Waals surface area contributed by atoms with Gasteiger partial charge in [0.05, 0.1) is 16.4 Å². The van der Waals surface area contributed by atoms with Gasteiger partial charge in [-0.2, -0.15) is 11.8 Å². The maximum absolute atomic E-state index is 6.35. The van der Waals surface area contributed by atoms with E-state index in [2.05, 4.69) is 45.4 Å². The van der Waals surface area contributed by atoms with Crippen molar-refractivity contribution < 1.29 is 0 Å². The number of alkyl halides is 1. The maximum Gasteiger partial charge on any atom is 0.127 e. The van der Waals surface area contributed by atoms with Crippen LogP contribution in [0.1, 0.15) is 37.0 Å². The third-order valence-electron chi connectivity index (χ3n) is 3.54. The zero-order valence-corrected chi connectivity index (χ0v) is 14.5. The lowest BCUT2D eigenvalue weighted by Gasteiger charge is -2.25. The molecule has 0 amide bonds. The summed E-state index contributed by atoms with van der Waals surface area (Å²) in [6.07, 6.45) is 2.52. The summed E-state index contributed by atoms with van der Waals surface area (Å²) in [5.74, 6) is 3.48. The number of benzene rings is 1. The number of fused-ring (bicyclic) bond motifs is 1. The summed E-state index contributed by atoms with van der Waals surface area (Å²) in [6.45, 7) is 2.01. The first-order chi connectivity index (χ1) is 9.16. The molecule has 1 saturated heterocycles. The molecule has 0 saturated carbocycles. The molecule has 2 atom stereocenters. The van der Waals surface area contributed by atoms with E-state index in [0.717, 1.165) is 11.3 Å². The van der Waals surface area contributed by atoms with Crippen molar-refractivity contribution in [3.05, 3.63) is 27.6 Å². The second-order valence-electron chi connectivity index (χ2n) is 4.96. The molecule has 1 fully saturated rings. The van der Waals surface area contributed by atoms with E-state index >= 15 is 0 Å². The van der Waals surface area contributed by atoms with Gasteiger partial charge in [-0.15, -0.1) is 11.6 Å². The van der Waals surface area contributed by atoms with Crippen molar-refractivity contribution in [1.29, 1.82) is 0 Å². The van der Waals surface area contributed by atoms with E-state index in [1.54, 1.807) is 0 Å². The van der Waals surface area contributed by atoms with Crippen LogP contribution >= 0.6 is 46.0 Å². The Morgan fingerprint density at radius 2 is 2.37 bits per heavy atom. The number of rotatable bonds is 2. The third kappa shape index (κ3) is 2.76. The highest BCUT2D eigenvalue weighted by Gasteiger charge is 2.23. The lowest BCUT2D eigenvalue weighted by Crippen LogP contribution is -2.18. The Morgan fingerprint density at radius 3 is 3.05 bits per heavy atom. The van der Waals surface area contributed by atoms with Gasteiger partial charge in [0.2, 0.25) is 0 Å². The van der Waals surface area contributed by atoms with Crippen LogP contribution in [0.15, 0.2) is 18.2 Å². The fourth-order valence-electron chi connectivity index (χ4n) is 2.68. The average molecular weight is 407 g/mol. The topological polar surface area (TPSA) is 17.8 Å². The van der Waals surface area contributed by atoms with Gasteiger partial charge in [-0.25, -0.2) is 4.98 Å². The van der Waals surface area contributed by atoms with Crippen molar-refractivity contribution in [2.45, 2.75) is 31.2 Å². The molecule has 1 aliphatic rings. The molecule has 1 aromatic heterocycles. The Hall–Kier alpha value is 0.0600. The van der Waals surface area contributed by atoms with Gasteiger partial charge in [-0.3, -0.25) is 0 Å². The van der Waals surface area contributed by atoms with Crippen LogP contribution in [-0.2, 0) is 0 Å². The van der Waals surface area contributed by atoms with Crippen molar-refractivity contribution in [2.75, 3.05) is 11.5 Å². The van der Waals surface area contributed by atoms with E-state index in [1.165, 1.54) is 33.4 Å². The van der Waals surface area contributed by atoms with Crippen LogP contribution in [-0.4, -0.2) is 21.1 Å². The molecular formula is C14H16ClIN2S. The molecule has 3 rings (SSSR count). The van der Waals surface area contributed by atoms with Crippen molar-refractivity contribution in [2.24, 2.45) is 0 Å². The fraction of sp³-hybridized carbons (Fsp3) is 0.500. The summed E-state index contributed by atoms with van der Waals surface area (Å²) < 4.78 is 3.61. The Bertz CT molecular complexity index is 590. The molecule has 0 spiro atoms. The monoisotopic (exact) mass is 406 g/mol. The molecule has 2 unspecified atom stereocenters. The highest BCUT2D eigenvalue weighted by molar-refractivity contribution is 14.1. The first-order valence-electron chi connectivity index (χ1n) is 6.56. The number of hydrogen-bond donors (Lipinski definition) is 0. The first kappa shape index (κ1) is 14.0. The Balaban J connectivity index is 2.15. The molecule has 1 aliphatic heterocycles. The van der Waals surface area contributed by atoms with Gasteiger partial charge in [0.15, 0.2) is 0 Å². The van der Waals surface area contributed by atoms with E-state index < -0.39 is 0 Å². The van der Waals surface area contributed by atoms with Gasteiger partial charge >= 0.3 is 0 Å². The lowest BCUT2D eigenvalue weighted by molar-refractivity contribution is 0.493. The second kappa shape index (κ2) is 5.82. The van der Waals surface area contributed by atoms with Crippen molar-refractivity contribution in [1.82, 2.24) is 9.55 Å². The smallest absolute Gasteiger partial charge is 0.127 e. The van der Waals surface area contributed by atoms with Gasteiger partial charge in [-0.05, 0) is 66.3 Å². The maximum atomic E-state index is 6.35. The lowest BCUT2D eigenvalue weighted by atomic mass is 10.1. The SMILES string of the molecule is CC(Cl)c1nc2cc(I)ccc2n1C1CCCSC1. The van der Waals surface area contributed by atoms with Gasteiger partial charge < -0.3 is 4.57 Å². The first-order valence-corrected chi connectivity index (χ1v) is 9.23. The zero-order chi connectivity index (χ0) is 13.4. The highest BCUT2D eigenvalue weighted by Crippen LogP contribution is 2.34. The molecule has 0 N–H and O–H groups in total. The predicted molar refractivity (Wildman–Crippen MR) is 92.3 cm³/mol. The molecule has 2 heterocycles. The molecule has 19 heavy (non-hydrogen) atoms. The quantitative estimate of drug-likeness (QED) is 0.515. The Labute approximate surface area is 136 Å². The van der Waals surface area contributed by atoms with Crippen LogP contribution in [0.25, 0.3) is 11.0 Å². The number of imidazole rings is 1. The molecule has 102 valence electrons. The molecule has 5 heteroatoms. The Morgan fingerprint density at radius 1 is 1.53 bits per heavy atom. The minimum Gasteiger partial charge on any atom is -0.323 e. The highest BCUT2D eigenvalue weighted by atomic mass is 127. The van der Waals surface area contributed by atoms with Crippen molar-refractivity contribution in [3.8, 4) is 0 Å². The summed E-state index contributed by atoms with van der Waals surface area (Å²) in [5.41, 5.74) is 2.31. The van der Waals surface area contributed by atoms with Gasteiger partial charge in [-0.1, -0.05) is 0 Å². The van der Waals surface area contributed by atoms with Gasteiger partial charge in [0.25, 0.3) is 0 Å². The molecule has 0 aliphatic carbocycles. The summed E-state index contributed by atoms with van der Waals surface area (Å²) in [6, 6.07) is 7.02. The van der Waals surface area contributed by atoms with E-state index in [0.29, 0.717) is 6.04 Å². The van der Waals surface area contributed by atoms with Crippen molar-refractivity contribution in [3.63, 3.8) is 0 Å². The van der Waals surface area contributed by atoms with Gasteiger partial charge in [0.1, 0.15) is 5.82 Å². The van der Waals surface area contributed by atoms with Crippen LogP contribution in [0.5, 0.6) is 0 Å². The minimum absolute atomic E-state index is 0.0445. The summed E-state index contributed by atoms with van der Waals surface area (Å²) in [7, 11) is 0. The number of aromatic nitrogens is 2. The Kier molecular flexibility index (Phi) is 4.29. The van der Waals surface area contributed by atoms with Gasteiger partial charge in [0, 0.05) is 15.4 Å². The van der Waals surface area contributed by atoms with Crippen LogP contribution in [0, 0.1) is 3.57 Å². The molecular weight excluding hydrogens is 391 g/mol. The van der Waals surface area contributed by atoms with Crippen LogP contribution in [0.3, 0.4) is 0 Å². The molecule has 2 aromatic rings. The van der Waals surface area contributed by atoms with E-state index in [-0.39, 0.29) is 5.38 Å². The van der Waals surface area contributed by atoms with E-state index in [4.69, 9.17) is 16.6 Å². The minimum atomic E-state index is -0.0445. The van der Waals surface area contributed by atoms with E-state index in [1.807, 2.05) is 18.7 Å². The standard InChI is InChI=1S/C14H16ClIN2S/c1-9(15)14-17-12-7-10(16)4-5-13(12)18(14)11-3-2-6-19-8-11/h4-5,7,9,11H,2-3,6,8H2,1H3. The predicted octanol–water partition coefficient (Wildman–Crippen LogP) is 5.01. The molecule has 0 bridgehead atoms. The second-order valence-corrected chi connectivity index (χ2v) is 8.01. The summed E-state index contributed by atoms with van der Waals surface area (Å²) >= 11 is 10.7. The number of hydrogen-bond acceptors (Lipinski definition) is 2. The molecule has 1 aromatic carbocycles. The number of nitrogens with zero attached hydrogens (tertiary/aromatic N) is 2. The van der Waals surface area contributed by atoms with E-state index in [9.17, 15) is 0 Å². The van der Waals surface area contributed by atoms with Crippen molar-refractivity contribution >= 4 is 57.0 Å². The third-order valence-corrected chi connectivity index (χ3v) is 5.60. The number of thioether (sulfide) groups is 1.